The molecule has 0 aliphatic carbocycles. The Bertz CT molecular complexity index is 1210. The second-order valence-electron chi connectivity index (χ2n) is 8.32. The van der Waals surface area contributed by atoms with Crippen LogP contribution < -0.4 is 14.5 Å². The van der Waals surface area contributed by atoms with Gasteiger partial charge in [-0.25, -0.2) is 12.8 Å². The number of carbonyl (C=O) groups is 1. The molecule has 1 aliphatic rings. The van der Waals surface area contributed by atoms with Gasteiger partial charge in [-0.2, -0.15) is 0 Å². The molecule has 6 nitrogen and oxygen atoms in total. The monoisotopic (exact) mass is 501 g/mol. The molecule has 9 heteroatoms. The smallest absolute Gasteiger partial charge is 0.274 e. The van der Waals surface area contributed by atoms with E-state index in [1.54, 1.807) is 17.5 Å². The molecule has 0 saturated carbocycles. The van der Waals surface area contributed by atoms with Crippen LogP contribution in [0.3, 0.4) is 0 Å². The number of para-hydroxylation sites is 1. The highest BCUT2D eigenvalue weighted by Crippen LogP contribution is 2.28. The zero-order valence-electron chi connectivity index (χ0n) is 19.0. The maximum Gasteiger partial charge on any atom is 0.274 e. The van der Waals surface area contributed by atoms with Crippen LogP contribution in [0.25, 0.3) is 0 Å². The van der Waals surface area contributed by atoms with E-state index in [2.05, 4.69) is 22.3 Å². The Hall–Kier alpha value is -2.91. The van der Waals surface area contributed by atoms with Gasteiger partial charge in [0.15, 0.2) is 0 Å². The Balaban J connectivity index is 1.49. The molecule has 34 heavy (non-hydrogen) atoms. The number of hydrogen-bond donors (Lipinski definition) is 1. The fourth-order valence-corrected chi connectivity index (χ4v) is 6.63. The minimum atomic E-state index is -4.10. The molecule has 1 N–H and O–H groups in total. The molecule has 1 aromatic heterocycles. The summed E-state index contributed by atoms with van der Waals surface area (Å²) in [5.41, 5.74) is 1.91. The summed E-state index contributed by atoms with van der Waals surface area (Å²) in [6.07, 6.45) is 3.66. The average Bonchev–Trinajstić information content (AvgIpc) is 3.40. The first-order valence-electron chi connectivity index (χ1n) is 11.3. The van der Waals surface area contributed by atoms with Gasteiger partial charge in [-0.15, -0.1) is 11.3 Å². The number of thiophene rings is 1. The zero-order chi connectivity index (χ0) is 24.1. The number of sulfonamides is 1. The van der Waals surface area contributed by atoms with Crippen LogP contribution in [0.5, 0.6) is 0 Å². The average molecular weight is 502 g/mol. The number of amides is 1. The Labute approximate surface area is 204 Å². The fraction of sp³-hybridized carbons (Fsp3) is 0.320. The molecule has 0 bridgehead atoms. The maximum absolute atomic E-state index is 14.5. The molecule has 4 rings (SSSR count). The summed E-state index contributed by atoms with van der Waals surface area (Å²) in [5.74, 6) is -1.23. The number of benzene rings is 2. The molecule has 1 unspecified atom stereocenters. The van der Waals surface area contributed by atoms with E-state index in [-0.39, 0.29) is 15.9 Å². The van der Waals surface area contributed by atoms with Crippen molar-refractivity contribution in [1.82, 2.24) is 5.32 Å². The standard InChI is InChI=1S/C25H28FN3O3S2/c1-19(20-11-13-21(14-12-20)28-15-5-2-6-16-28)27-24(30)18-29(23-9-4-3-8-22(23)26)34(31,32)25-10-7-17-33-25/h3-4,7-14,17,19H,2,5-6,15-16,18H2,1H3,(H,27,30). The maximum atomic E-state index is 14.5. The molecule has 1 atom stereocenters. The van der Waals surface area contributed by atoms with Gasteiger partial charge in [0.25, 0.3) is 10.0 Å². The second kappa shape index (κ2) is 10.6. The van der Waals surface area contributed by atoms with Crippen LogP contribution in [0.4, 0.5) is 15.8 Å². The van der Waals surface area contributed by atoms with Gasteiger partial charge < -0.3 is 10.2 Å². The van der Waals surface area contributed by atoms with E-state index < -0.39 is 28.3 Å². The number of nitrogens with zero attached hydrogens (tertiary/aromatic N) is 2. The Morgan fingerprint density at radius 2 is 1.76 bits per heavy atom. The molecule has 2 heterocycles. The Kier molecular flexibility index (Phi) is 7.53. The van der Waals surface area contributed by atoms with E-state index in [0.29, 0.717) is 0 Å². The number of carbonyl (C=O) groups excluding carboxylic acids is 1. The summed E-state index contributed by atoms with van der Waals surface area (Å²) in [6.45, 7) is 3.42. The van der Waals surface area contributed by atoms with E-state index in [9.17, 15) is 17.6 Å². The van der Waals surface area contributed by atoms with Crippen LogP contribution in [0.2, 0.25) is 0 Å². The van der Waals surface area contributed by atoms with Crippen molar-refractivity contribution in [2.24, 2.45) is 0 Å². The van der Waals surface area contributed by atoms with Crippen molar-refractivity contribution < 1.29 is 17.6 Å². The highest BCUT2D eigenvalue weighted by Gasteiger charge is 2.30. The third-order valence-electron chi connectivity index (χ3n) is 5.94. The summed E-state index contributed by atoms with van der Waals surface area (Å²) in [4.78, 5) is 15.3. The largest absolute Gasteiger partial charge is 0.372 e. The quantitative estimate of drug-likeness (QED) is 0.474. The minimum Gasteiger partial charge on any atom is -0.372 e. The normalized spacial score (nSPS) is 15.1. The molecule has 1 saturated heterocycles. The van der Waals surface area contributed by atoms with Gasteiger partial charge >= 0.3 is 0 Å². The van der Waals surface area contributed by atoms with Crippen molar-refractivity contribution >= 4 is 38.6 Å². The second-order valence-corrected chi connectivity index (χ2v) is 11.4. The highest BCUT2D eigenvalue weighted by atomic mass is 32.2. The van der Waals surface area contributed by atoms with Crippen LogP contribution in [-0.4, -0.2) is 34.0 Å². The molecular weight excluding hydrogens is 473 g/mol. The predicted octanol–water partition coefficient (Wildman–Crippen LogP) is 4.95. The SMILES string of the molecule is CC(NC(=O)CN(c1ccccc1F)S(=O)(=O)c1cccs1)c1ccc(N2CCCCC2)cc1. The van der Waals surface area contributed by atoms with Crippen LogP contribution in [-0.2, 0) is 14.8 Å². The summed E-state index contributed by atoms with van der Waals surface area (Å²) < 4.78 is 41.8. The third-order valence-corrected chi connectivity index (χ3v) is 9.07. The fourth-order valence-electron chi connectivity index (χ4n) is 4.10. The van der Waals surface area contributed by atoms with Gasteiger partial charge in [-0.1, -0.05) is 30.3 Å². The predicted molar refractivity (Wildman–Crippen MR) is 134 cm³/mol. The summed E-state index contributed by atoms with van der Waals surface area (Å²) in [5, 5.41) is 4.48. The lowest BCUT2D eigenvalue weighted by Gasteiger charge is -2.29. The molecule has 1 aliphatic heterocycles. The van der Waals surface area contributed by atoms with Crippen molar-refractivity contribution in [3.63, 3.8) is 0 Å². The van der Waals surface area contributed by atoms with E-state index >= 15 is 0 Å². The van der Waals surface area contributed by atoms with Crippen LogP contribution >= 0.6 is 11.3 Å². The van der Waals surface area contributed by atoms with Crippen LogP contribution in [0.1, 0.15) is 37.8 Å². The van der Waals surface area contributed by atoms with Gasteiger partial charge in [0.1, 0.15) is 16.6 Å². The number of rotatable bonds is 8. The number of piperidine rings is 1. The molecule has 0 radical (unpaired) electrons. The molecular formula is C25H28FN3O3S2. The number of hydrogen-bond acceptors (Lipinski definition) is 5. The lowest BCUT2D eigenvalue weighted by atomic mass is 10.1. The van der Waals surface area contributed by atoms with Crippen molar-refractivity contribution in [1.29, 1.82) is 0 Å². The van der Waals surface area contributed by atoms with Gasteiger partial charge in [0.05, 0.1) is 11.7 Å². The molecule has 1 fully saturated rings. The van der Waals surface area contributed by atoms with Crippen LogP contribution in [0, 0.1) is 5.82 Å². The van der Waals surface area contributed by atoms with E-state index in [1.165, 1.54) is 43.5 Å². The molecule has 180 valence electrons. The van der Waals surface area contributed by atoms with Gasteiger partial charge in [-0.3, -0.25) is 9.10 Å². The Morgan fingerprint density at radius 1 is 1.06 bits per heavy atom. The summed E-state index contributed by atoms with van der Waals surface area (Å²) in [7, 11) is -4.10. The highest BCUT2D eigenvalue weighted by molar-refractivity contribution is 7.94. The van der Waals surface area contributed by atoms with Crippen molar-refractivity contribution in [3.05, 3.63) is 77.4 Å². The van der Waals surface area contributed by atoms with Crippen LogP contribution in [0.15, 0.2) is 70.3 Å². The van der Waals surface area contributed by atoms with Gasteiger partial charge in [-0.05, 0) is 67.5 Å². The van der Waals surface area contributed by atoms with Crippen molar-refractivity contribution in [2.75, 3.05) is 28.8 Å². The van der Waals surface area contributed by atoms with Gasteiger partial charge in [0.2, 0.25) is 5.91 Å². The van der Waals surface area contributed by atoms with Crippen molar-refractivity contribution in [3.8, 4) is 0 Å². The van der Waals surface area contributed by atoms with E-state index in [4.69, 9.17) is 0 Å². The Morgan fingerprint density at radius 3 is 2.41 bits per heavy atom. The lowest BCUT2D eigenvalue weighted by molar-refractivity contribution is -0.120. The number of halogens is 1. The first kappa shape index (κ1) is 24.2. The topological polar surface area (TPSA) is 69.7 Å². The van der Waals surface area contributed by atoms with Gasteiger partial charge in [0, 0.05) is 18.8 Å². The van der Waals surface area contributed by atoms with E-state index in [1.807, 2.05) is 19.1 Å². The minimum absolute atomic E-state index is 0.0462. The van der Waals surface area contributed by atoms with Crippen molar-refractivity contribution in [2.45, 2.75) is 36.4 Å². The molecule has 2 aromatic carbocycles. The number of nitrogens with one attached hydrogen (secondary N) is 1. The molecule has 1 amide bonds. The lowest BCUT2D eigenvalue weighted by Crippen LogP contribution is -2.41. The summed E-state index contributed by atoms with van der Waals surface area (Å²) in [6, 6.07) is 16.3. The zero-order valence-corrected chi connectivity index (χ0v) is 20.6. The summed E-state index contributed by atoms with van der Waals surface area (Å²) >= 11 is 1.02. The first-order chi connectivity index (χ1) is 16.4. The third kappa shape index (κ3) is 5.42. The molecule has 3 aromatic rings. The first-order valence-corrected chi connectivity index (χ1v) is 13.6. The molecule has 0 spiro atoms. The number of anilines is 2. The van der Waals surface area contributed by atoms with E-state index in [0.717, 1.165) is 40.0 Å².